The summed E-state index contributed by atoms with van der Waals surface area (Å²) in [5, 5.41) is 12.2. The van der Waals surface area contributed by atoms with Crippen LogP contribution in [0.1, 0.15) is 37.6 Å². The first kappa shape index (κ1) is 16.6. The molecule has 0 aromatic carbocycles. The van der Waals surface area contributed by atoms with E-state index in [0.29, 0.717) is 18.5 Å². The average molecular weight is 304 g/mol. The normalized spacial score (nSPS) is 13.3. The summed E-state index contributed by atoms with van der Waals surface area (Å²) in [4.78, 5) is 10.5. The number of carbonyl (C=O) groups is 1. The van der Waals surface area contributed by atoms with Crippen molar-refractivity contribution in [1.29, 1.82) is 0 Å². The molecule has 20 heavy (non-hydrogen) atoms. The van der Waals surface area contributed by atoms with Gasteiger partial charge in [-0.1, -0.05) is 12.1 Å². The van der Waals surface area contributed by atoms with Crippen molar-refractivity contribution in [2.75, 3.05) is 6.54 Å². The van der Waals surface area contributed by atoms with Gasteiger partial charge in [0.15, 0.2) is 5.76 Å². The van der Waals surface area contributed by atoms with Gasteiger partial charge in [0.25, 0.3) is 0 Å². The number of carboxylic acid groups (broad SMARTS) is 1. The number of rotatable bonds is 8. The minimum Gasteiger partial charge on any atom is -0.481 e. The maximum absolute atomic E-state index is 12.1. The number of sulfonamides is 1. The van der Waals surface area contributed by atoms with E-state index in [9.17, 15) is 13.2 Å². The van der Waals surface area contributed by atoms with Gasteiger partial charge < -0.3 is 9.63 Å². The number of nitrogens with zero attached hydrogens (tertiary/aromatic N) is 1. The minimum atomic E-state index is -3.63. The molecule has 1 unspecified atom stereocenters. The number of carboxylic acids is 1. The van der Waals surface area contributed by atoms with Crippen molar-refractivity contribution in [3.8, 4) is 0 Å². The molecule has 0 amide bonds. The lowest BCUT2D eigenvalue weighted by Gasteiger charge is -2.11. The van der Waals surface area contributed by atoms with Crippen molar-refractivity contribution >= 4 is 16.0 Å². The molecule has 7 nitrogen and oxygen atoms in total. The first-order chi connectivity index (χ1) is 9.24. The first-order valence-electron chi connectivity index (χ1n) is 6.38. The zero-order valence-corrected chi connectivity index (χ0v) is 12.7. The lowest BCUT2D eigenvalue weighted by Crippen LogP contribution is -2.26. The van der Waals surface area contributed by atoms with Gasteiger partial charge in [-0.15, -0.1) is 0 Å². The average Bonchev–Trinajstić information content (AvgIpc) is 2.66. The van der Waals surface area contributed by atoms with Gasteiger partial charge in [-0.2, -0.15) is 0 Å². The molecule has 1 atom stereocenters. The first-order valence-corrected chi connectivity index (χ1v) is 7.86. The lowest BCUT2D eigenvalue weighted by atomic mass is 10.0. The van der Waals surface area contributed by atoms with Crippen LogP contribution in [0.15, 0.2) is 9.42 Å². The van der Waals surface area contributed by atoms with Crippen LogP contribution in [0.5, 0.6) is 0 Å². The molecule has 0 radical (unpaired) electrons. The third-order valence-corrected chi connectivity index (χ3v) is 4.72. The third-order valence-electron chi connectivity index (χ3n) is 3.02. The molecule has 0 bridgehead atoms. The molecule has 114 valence electrons. The number of hydrogen-bond acceptors (Lipinski definition) is 5. The topological polar surface area (TPSA) is 110 Å². The van der Waals surface area contributed by atoms with Gasteiger partial charge >= 0.3 is 5.97 Å². The molecule has 1 heterocycles. The Morgan fingerprint density at radius 1 is 1.40 bits per heavy atom. The van der Waals surface area contributed by atoms with E-state index in [4.69, 9.17) is 9.63 Å². The van der Waals surface area contributed by atoms with E-state index in [-0.39, 0.29) is 29.5 Å². The van der Waals surface area contributed by atoms with E-state index < -0.39 is 16.0 Å². The lowest BCUT2D eigenvalue weighted by molar-refractivity contribution is -0.137. The quantitative estimate of drug-likeness (QED) is 0.752. The zero-order valence-electron chi connectivity index (χ0n) is 11.8. The van der Waals surface area contributed by atoms with Crippen LogP contribution in [-0.2, 0) is 14.8 Å². The van der Waals surface area contributed by atoms with E-state index in [2.05, 4.69) is 9.88 Å². The number of aliphatic carboxylic acids is 1. The highest BCUT2D eigenvalue weighted by Gasteiger charge is 2.23. The highest BCUT2D eigenvalue weighted by Crippen LogP contribution is 2.18. The van der Waals surface area contributed by atoms with Crippen LogP contribution in [-0.4, -0.2) is 31.2 Å². The Kier molecular flexibility index (Phi) is 5.70. The van der Waals surface area contributed by atoms with Crippen LogP contribution in [0.4, 0.5) is 0 Å². The molecule has 0 saturated carbocycles. The molecule has 8 heteroatoms. The van der Waals surface area contributed by atoms with E-state index in [1.807, 2.05) is 6.92 Å². The molecular weight excluding hydrogens is 284 g/mol. The Labute approximate surface area is 118 Å². The highest BCUT2D eigenvalue weighted by molar-refractivity contribution is 7.89. The number of aryl methyl sites for hydroxylation is 2. The predicted octanol–water partition coefficient (Wildman–Crippen LogP) is 1.46. The fourth-order valence-electron chi connectivity index (χ4n) is 1.88. The van der Waals surface area contributed by atoms with Crippen LogP contribution in [0.3, 0.4) is 0 Å². The van der Waals surface area contributed by atoms with Crippen LogP contribution in [0, 0.1) is 19.8 Å². The van der Waals surface area contributed by atoms with E-state index in [0.717, 1.165) is 0 Å². The van der Waals surface area contributed by atoms with Gasteiger partial charge in [-0.05, 0) is 32.6 Å². The summed E-state index contributed by atoms with van der Waals surface area (Å²) in [5.74, 6) is -0.444. The zero-order chi connectivity index (χ0) is 15.3. The van der Waals surface area contributed by atoms with E-state index in [1.165, 1.54) is 0 Å². The molecule has 0 aliphatic rings. The molecular formula is C12H20N2O5S. The summed E-state index contributed by atoms with van der Waals surface area (Å²) >= 11 is 0. The van der Waals surface area contributed by atoms with Crippen molar-refractivity contribution in [3.05, 3.63) is 11.5 Å². The molecule has 1 aromatic heterocycles. The van der Waals surface area contributed by atoms with Crippen molar-refractivity contribution < 1.29 is 22.8 Å². The number of hydrogen-bond donors (Lipinski definition) is 2. The summed E-state index contributed by atoms with van der Waals surface area (Å²) in [6, 6.07) is 0. The third kappa shape index (κ3) is 4.61. The molecule has 0 saturated heterocycles. The van der Waals surface area contributed by atoms with Crippen LogP contribution in [0.25, 0.3) is 0 Å². The molecule has 0 spiro atoms. The smallest absolute Gasteiger partial charge is 0.303 e. The van der Waals surface area contributed by atoms with Gasteiger partial charge in [-0.25, -0.2) is 13.1 Å². The van der Waals surface area contributed by atoms with Crippen LogP contribution in [0.2, 0.25) is 0 Å². The van der Waals surface area contributed by atoms with Crippen molar-refractivity contribution in [2.45, 2.75) is 44.9 Å². The van der Waals surface area contributed by atoms with Gasteiger partial charge in [0.2, 0.25) is 10.0 Å². The molecule has 0 fully saturated rings. The molecule has 1 rings (SSSR count). The molecule has 0 aliphatic heterocycles. The predicted molar refractivity (Wildman–Crippen MR) is 71.8 cm³/mol. The standard InChI is InChI=1S/C12H20N2O5S/c1-8(4-5-11(15)16)6-7-13-20(17,18)12-9(2)14-19-10(12)3/h8,13H,4-7H2,1-3H3,(H,15,16). The van der Waals surface area contributed by atoms with Crippen LogP contribution < -0.4 is 4.72 Å². The van der Waals surface area contributed by atoms with E-state index in [1.54, 1.807) is 13.8 Å². The second-order valence-electron chi connectivity index (χ2n) is 4.88. The number of aromatic nitrogens is 1. The monoisotopic (exact) mass is 304 g/mol. The minimum absolute atomic E-state index is 0.0793. The van der Waals surface area contributed by atoms with E-state index >= 15 is 0 Å². The van der Waals surface area contributed by atoms with Gasteiger partial charge in [0.1, 0.15) is 10.6 Å². The Balaban J connectivity index is 2.51. The summed E-state index contributed by atoms with van der Waals surface area (Å²) < 4.78 is 31.5. The summed E-state index contributed by atoms with van der Waals surface area (Å²) in [5.41, 5.74) is 0.328. The second kappa shape index (κ2) is 6.85. The fraction of sp³-hybridized carbons (Fsp3) is 0.667. The Morgan fingerprint density at radius 3 is 2.55 bits per heavy atom. The maximum atomic E-state index is 12.1. The largest absolute Gasteiger partial charge is 0.481 e. The molecule has 1 aromatic rings. The van der Waals surface area contributed by atoms with Crippen molar-refractivity contribution in [2.24, 2.45) is 5.92 Å². The SMILES string of the molecule is Cc1noc(C)c1S(=O)(=O)NCCC(C)CCC(=O)O. The van der Waals surface area contributed by atoms with Crippen LogP contribution >= 0.6 is 0 Å². The summed E-state index contributed by atoms with van der Waals surface area (Å²) in [6.45, 7) is 5.27. The number of nitrogens with one attached hydrogen (secondary N) is 1. The highest BCUT2D eigenvalue weighted by atomic mass is 32.2. The summed E-state index contributed by atoms with van der Waals surface area (Å²) in [6.07, 6.45) is 1.20. The van der Waals surface area contributed by atoms with Crippen molar-refractivity contribution in [1.82, 2.24) is 9.88 Å². The van der Waals surface area contributed by atoms with Gasteiger partial charge in [0.05, 0.1) is 0 Å². The van der Waals surface area contributed by atoms with Gasteiger partial charge in [0, 0.05) is 13.0 Å². The Bertz CT molecular complexity index is 545. The molecule has 2 N–H and O–H groups in total. The second-order valence-corrected chi connectivity index (χ2v) is 6.58. The van der Waals surface area contributed by atoms with Gasteiger partial charge in [-0.3, -0.25) is 4.79 Å². The Hall–Kier alpha value is -1.41. The summed E-state index contributed by atoms with van der Waals surface area (Å²) in [7, 11) is -3.63. The van der Waals surface area contributed by atoms with Crippen molar-refractivity contribution in [3.63, 3.8) is 0 Å². The molecule has 0 aliphatic carbocycles. The maximum Gasteiger partial charge on any atom is 0.303 e. The fourth-order valence-corrected chi connectivity index (χ4v) is 3.26. The Morgan fingerprint density at radius 2 is 2.05 bits per heavy atom.